The summed E-state index contributed by atoms with van der Waals surface area (Å²) in [7, 11) is 0. The van der Waals surface area contributed by atoms with Crippen LogP contribution >= 0.6 is 0 Å². The van der Waals surface area contributed by atoms with E-state index >= 15 is 0 Å². The second-order valence-corrected chi connectivity index (χ2v) is 7.33. The molecule has 1 aliphatic carbocycles. The van der Waals surface area contributed by atoms with E-state index in [1.165, 1.54) is 17.7 Å². The number of aryl methyl sites for hydroxylation is 1. The number of carbonyl (C=O) groups is 1. The van der Waals surface area contributed by atoms with Crippen molar-refractivity contribution in [3.63, 3.8) is 0 Å². The molecule has 1 aromatic carbocycles. The topological polar surface area (TPSA) is 66.6 Å². The maximum absolute atomic E-state index is 13.1. The lowest BCUT2D eigenvalue weighted by atomic mass is 9.96. The number of nitrogens with zero attached hydrogens (tertiary/aromatic N) is 6. The van der Waals surface area contributed by atoms with E-state index in [1.807, 2.05) is 9.42 Å². The largest absolute Gasteiger partial charge is 0.353 e. The van der Waals surface area contributed by atoms with Gasteiger partial charge in [0.1, 0.15) is 18.0 Å². The minimum atomic E-state index is -0.333. The van der Waals surface area contributed by atoms with Gasteiger partial charge in [-0.15, -0.1) is 0 Å². The molecule has 0 unspecified atom stereocenters. The molecule has 0 saturated carbocycles. The van der Waals surface area contributed by atoms with Crippen LogP contribution in [-0.4, -0.2) is 56.6 Å². The molecule has 0 N–H and O–H groups in total. The quantitative estimate of drug-likeness (QED) is 0.681. The smallest absolute Gasteiger partial charge is 0.254 e. The van der Waals surface area contributed by atoms with Crippen molar-refractivity contribution < 1.29 is 9.18 Å². The van der Waals surface area contributed by atoms with Crippen molar-refractivity contribution in [2.45, 2.75) is 25.7 Å². The zero-order chi connectivity index (χ0) is 19.1. The van der Waals surface area contributed by atoms with Gasteiger partial charge >= 0.3 is 0 Å². The van der Waals surface area contributed by atoms with Gasteiger partial charge < -0.3 is 9.80 Å². The number of benzene rings is 1. The highest BCUT2D eigenvalue weighted by Gasteiger charge is 2.28. The predicted molar refractivity (Wildman–Crippen MR) is 102 cm³/mol. The summed E-state index contributed by atoms with van der Waals surface area (Å²) in [6, 6.07) is 5.74. The molecule has 3 aromatic rings. The van der Waals surface area contributed by atoms with Gasteiger partial charge in [-0.25, -0.2) is 9.37 Å². The van der Waals surface area contributed by atoms with Crippen molar-refractivity contribution >= 4 is 17.5 Å². The van der Waals surface area contributed by atoms with E-state index < -0.39 is 0 Å². The van der Waals surface area contributed by atoms with Gasteiger partial charge in [0.15, 0.2) is 0 Å². The van der Waals surface area contributed by atoms with E-state index in [9.17, 15) is 9.18 Å². The van der Waals surface area contributed by atoms with Gasteiger partial charge in [-0.3, -0.25) is 4.79 Å². The molecule has 2 aliphatic rings. The number of hydrogen-bond donors (Lipinski definition) is 0. The monoisotopic (exact) mass is 380 g/mol. The lowest BCUT2D eigenvalue weighted by Crippen LogP contribution is -2.49. The lowest BCUT2D eigenvalue weighted by Gasteiger charge is -2.37. The molecular weight excluding hydrogens is 359 g/mol. The third-order valence-corrected chi connectivity index (χ3v) is 5.63. The number of carbonyl (C=O) groups excluding carboxylic acids is 1. The summed E-state index contributed by atoms with van der Waals surface area (Å²) in [5, 5.41) is 4.40. The van der Waals surface area contributed by atoms with Crippen LogP contribution in [0.5, 0.6) is 0 Å². The summed E-state index contributed by atoms with van der Waals surface area (Å²) in [5.74, 6) is 1.33. The predicted octanol–water partition coefficient (Wildman–Crippen LogP) is 2.10. The van der Waals surface area contributed by atoms with Crippen LogP contribution < -0.4 is 4.90 Å². The number of anilines is 1. The highest BCUT2D eigenvalue weighted by Crippen LogP contribution is 2.30. The van der Waals surface area contributed by atoms with Crippen LogP contribution in [0.15, 0.2) is 30.6 Å². The average Bonchev–Trinajstić information content (AvgIpc) is 3.20. The van der Waals surface area contributed by atoms with E-state index in [0.29, 0.717) is 24.4 Å². The molecule has 2 aromatic heterocycles. The van der Waals surface area contributed by atoms with Crippen LogP contribution in [0.1, 0.15) is 34.5 Å². The fraction of sp³-hybridized carbons (Fsp3) is 0.400. The molecule has 1 aliphatic heterocycles. The van der Waals surface area contributed by atoms with Crippen molar-refractivity contribution in [3.05, 3.63) is 53.2 Å². The van der Waals surface area contributed by atoms with E-state index in [4.69, 9.17) is 0 Å². The first-order chi connectivity index (χ1) is 13.7. The third-order valence-electron chi connectivity index (χ3n) is 5.63. The molecule has 1 saturated heterocycles. The molecule has 0 radical (unpaired) electrons. The molecule has 0 atom stereocenters. The number of aromatic nitrogens is 4. The summed E-state index contributed by atoms with van der Waals surface area (Å²) >= 11 is 0. The van der Waals surface area contributed by atoms with E-state index in [2.05, 4.69) is 20.0 Å². The molecule has 1 amide bonds. The third kappa shape index (κ3) is 2.89. The minimum absolute atomic E-state index is 0.0534. The maximum Gasteiger partial charge on any atom is 0.254 e. The van der Waals surface area contributed by atoms with Gasteiger partial charge in [-0.05, 0) is 49.9 Å². The van der Waals surface area contributed by atoms with Crippen LogP contribution in [0.3, 0.4) is 0 Å². The van der Waals surface area contributed by atoms with Crippen molar-refractivity contribution in [2.75, 3.05) is 31.1 Å². The molecule has 7 nitrogen and oxygen atoms in total. The summed E-state index contributed by atoms with van der Waals surface area (Å²) < 4.78 is 15.0. The number of hydrogen-bond acceptors (Lipinski definition) is 5. The number of fused-ring (bicyclic) bond motifs is 2. The van der Waals surface area contributed by atoms with Gasteiger partial charge in [0.25, 0.3) is 11.7 Å². The van der Waals surface area contributed by atoms with Gasteiger partial charge in [0.2, 0.25) is 0 Å². The Morgan fingerprint density at radius 3 is 2.54 bits per heavy atom. The van der Waals surface area contributed by atoms with Crippen molar-refractivity contribution in [2.24, 2.45) is 0 Å². The van der Waals surface area contributed by atoms with Crippen LogP contribution in [0, 0.1) is 5.82 Å². The first-order valence-electron chi connectivity index (χ1n) is 9.72. The fourth-order valence-electron chi connectivity index (χ4n) is 4.18. The molecule has 8 heteroatoms. The van der Waals surface area contributed by atoms with E-state index in [1.54, 1.807) is 18.5 Å². The second-order valence-electron chi connectivity index (χ2n) is 7.33. The summed E-state index contributed by atoms with van der Waals surface area (Å²) in [6.45, 7) is 2.67. The van der Waals surface area contributed by atoms with Crippen molar-refractivity contribution in [1.29, 1.82) is 0 Å². The summed E-state index contributed by atoms with van der Waals surface area (Å²) in [6.07, 6.45) is 5.84. The van der Waals surface area contributed by atoms with Crippen LogP contribution in [-0.2, 0) is 12.8 Å². The Labute approximate surface area is 161 Å². The number of piperazine rings is 1. The molecule has 5 rings (SSSR count). The molecule has 0 bridgehead atoms. The van der Waals surface area contributed by atoms with Crippen LogP contribution in [0.25, 0.3) is 5.78 Å². The van der Waals surface area contributed by atoms with Gasteiger partial charge in [0.05, 0.1) is 5.69 Å². The standard InChI is InChI=1S/C20H21FN6O/c21-15-7-5-14(6-8-15)19(28)26-11-9-25(10-12-26)18-16-3-1-2-4-17(16)24-20-22-13-23-27(18)20/h5-8,13H,1-4,9-12H2. The van der Waals surface area contributed by atoms with E-state index in [-0.39, 0.29) is 11.7 Å². The Kier molecular flexibility index (Phi) is 4.18. The Hall–Kier alpha value is -3.03. The lowest BCUT2D eigenvalue weighted by molar-refractivity contribution is 0.0746. The maximum atomic E-state index is 13.1. The minimum Gasteiger partial charge on any atom is -0.353 e. The molecule has 1 fully saturated rings. The summed E-state index contributed by atoms with van der Waals surface area (Å²) in [5.41, 5.74) is 2.92. The first kappa shape index (κ1) is 17.1. The highest BCUT2D eigenvalue weighted by atomic mass is 19.1. The fourth-order valence-corrected chi connectivity index (χ4v) is 4.18. The van der Waals surface area contributed by atoms with Crippen LogP contribution in [0.2, 0.25) is 0 Å². The van der Waals surface area contributed by atoms with Gasteiger partial charge in [0, 0.05) is 37.3 Å². The average molecular weight is 380 g/mol. The Bertz CT molecular complexity index is 1020. The van der Waals surface area contributed by atoms with Crippen molar-refractivity contribution in [3.8, 4) is 0 Å². The highest BCUT2D eigenvalue weighted by molar-refractivity contribution is 5.94. The number of rotatable bonds is 2. The van der Waals surface area contributed by atoms with E-state index in [0.717, 1.165) is 50.3 Å². The van der Waals surface area contributed by atoms with Gasteiger partial charge in [-0.1, -0.05) is 0 Å². The summed E-state index contributed by atoms with van der Waals surface area (Å²) in [4.78, 5) is 25.8. The molecule has 144 valence electrons. The molecule has 0 spiro atoms. The van der Waals surface area contributed by atoms with Crippen LogP contribution in [0.4, 0.5) is 10.2 Å². The Balaban J connectivity index is 1.39. The number of halogens is 1. The number of amides is 1. The zero-order valence-electron chi connectivity index (χ0n) is 15.5. The molecular formula is C20H21FN6O. The van der Waals surface area contributed by atoms with Gasteiger partial charge in [-0.2, -0.15) is 14.6 Å². The second kappa shape index (κ2) is 6.85. The Morgan fingerprint density at radius 1 is 1.00 bits per heavy atom. The first-order valence-corrected chi connectivity index (χ1v) is 9.72. The van der Waals surface area contributed by atoms with Crippen molar-refractivity contribution in [1.82, 2.24) is 24.5 Å². The molecule has 3 heterocycles. The molecule has 28 heavy (non-hydrogen) atoms. The zero-order valence-corrected chi connectivity index (χ0v) is 15.5. The Morgan fingerprint density at radius 2 is 1.75 bits per heavy atom. The normalized spacial score (nSPS) is 17.0. The SMILES string of the molecule is O=C(c1ccc(F)cc1)N1CCN(c2c3c(nc4ncnn24)CCCC3)CC1.